The van der Waals surface area contributed by atoms with E-state index >= 15 is 0 Å². The molecule has 2 fully saturated rings. The number of aromatic nitrogens is 4. The Balaban J connectivity index is 0.000000197. The van der Waals surface area contributed by atoms with E-state index in [1.54, 1.807) is 4.90 Å². The fourth-order valence-electron chi connectivity index (χ4n) is 8.07. The van der Waals surface area contributed by atoms with Gasteiger partial charge < -0.3 is 67.1 Å². The van der Waals surface area contributed by atoms with Gasteiger partial charge in [0.05, 0.1) is 39.4 Å². The maximum absolute atomic E-state index is 12.4. The fourth-order valence-corrected chi connectivity index (χ4v) is 8.07. The van der Waals surface area contributed by atoms with Crippen molar-refractivity contribution >= 4 is 46.5 Å². The molecule has 0 radical (unpaired) electrons. The lowest BCUT2D eigenvalue weighted by Crippen LogP contribution is -2.60. The van der Waals surface area contributed by atoms with Gasteiger partial charge in [-0.25, -0.2) is 0 Å². The molecule has 2 amide bonds. The Kier molecular flexibility index (Phi) is 14.7. The van der Waals surface area contributed by atoms with Gasteiger partial charge in [0, 0.05) is 19.6 Å². The number of nitrogens with one attached hydrogen (secondary N) is 2. The molecule has 66 heavy (non-hydrogen) atoms. The average Bonchev–Trinajstić information content (AvgIpc) is 3.84. The number of carbonyl (C=O) groups excluding carboxylic acids is 2. The minimum Gasteiger partial charge on any atom is -0.463 e. The van der Waals surface area contributed by atoms with Crippen molar-refractivity contribution in [1.29, 1.82) is 0 Å². The molecule has 0 unspecified atom stereocenters. The molecule has 4 aromatic rings. The number of anilines is 6. The number of unbranched alkanes of at least 4 members (excludes halogenated alkanes) is 2. The molecule has 0 bridgehead atoms. The largest absolute Gasteiger partial charge is 0.463 e. The minimum absolute atomic E-state index is 0.00173. The Labute approximate surface area is 381 Å². The van der Waals surface area contributed by atoms with E-state index in [0.29, 0.717) is 31.3 Å². The van der Waals surface area contributed by atoms with Gasteiger partial charge in [0.25, 0.3) is 0 Å². The summed E-state index contributed by atoms with van der Waals surface area (Å²) in [7, 11) is 0. The molecule has 12 N–H and O–H groups in total. The number of amides is 2. The number of aliphatic hydroxyl groups is 6. The van der Waals surface area contributed by atoms with Crippen LogP contribution in [0.25, 0.3) is 0 Å². The molecular formula is C44H60N12O10. The second kappa shape index (κ2) is 20.3. The first-order valence-electron chi connectivity index (χ1n) is 22.2. The fraction of sp³-hybridized carbons (Fsp3) is 0.500. The summed E-state index contributed by atoms with van der Waals surface area (Å²) in [5, 5.41) is 65.6. The number of nitrogens with zero attached hydrogens (tertiary/aromatic N) is 8. The molecule has 0 saturated carbocycles. The average molecular weight is 917 g/mol. The van der Waals surface area contributed by atoms with Crippen molar-refractivity contribution in [2.75, 3.05) is 77.8 Å². The van der Waals surface area contributed by atoms with E-state index in [1.165, 1.54) is 17.7 Å². The lowest BCUT2D eigenvalue weighted by Gasteiger charge is -2.39. The van der Waals surface area contributed by atoms with Crippen molar-refractivity contribution in [2.24, 2.45) is 0 Å². The normalized spacial score (nSPS) is 18.5. The van der Waals surface area contributed by atoms with E-state index in [-0.39, 0.29) is 73.8 Å². The predicted molar refractivity (Wildman–Crippen MR) is 242 cm³/mol. The van der Waals surface area contributed by atoms with Crippen LogP contribution < -0.4 is 41.4 Å². The molecule has 0 atom stereocenters. The van der Waals surface area contributed by atoms with Crippen LogP contribution in [0, 0.1) is 0 Å². The number of hydrogen-bond acceptors (Lipinski definition) is 20. The second-order valence-corrected chi connectivity index (χ2v) is 17.1. The van der Waals surface area contributed by atoms with Crippen LogP contribution in [0.15, 0.2) is 48.5 Å². The molecule has 2 aromatic carbocycles. The number of β-amino-alcohol motifs (C(OH)–C–C–N with tert-alkyl or cyclic N) is 4. The van der Waals surface area contributed by atoms with Gasteiger partial charge in [0.15, 0.2) is 23.3 Å². The summed E-state index contributed by atoms with van der Waals surface area (Å²) in [6.07, 6.45) is 5.99. The van der Waals surface area contributed by atoms with Gasteiger partial charge in [-0.05, 0) is 61.0 Å². The summed E-state index contributed by atoms with van der Waals surface area (Å²) < 4.78 is 11.2. The smallest absolute Gasteiger partial charge is 0.332 e. The molecule has 22 nitrogen and oxygen atoms in total. The zero-order valence-corrected chi connectivity index (χ0v) is 37.2. The number of fused-ring (bicyclic) bond motifs is 2. The molecule has 0 spiro atoms. The highest BCUT2D eigenvalue weighted by Gasteiger charge is 2.55. The summed E-state index contributed by atoms with van der Waals surface area (Å²) in [4.78, 5) is 48.6. The van der Waals surface area contributed by atoms with Gasteiger partial charge in [-0.3, -0.25) is 24.3 Å². The highest BCUT2D eigenvalue weighted by Crippen LogP contribution is 2.39. The molecule has 22 heteroatoms. The maximum Gasteiger partial charge on any atom is 0.332 e. The van der Waals surface area contributed by atoms with Crippen LogP contribution in [0.4, 0.5) is 34.6 Å². The van der Waals surface area contributed by atoms with Gasteiger partial charge in [-0.15, -0.1) is 0 Å². The Bertz CT molecular complexity index is 2350. The molecular weight excluding hydrogens is 857 g/mol. The quantitative estimate of drug-likeness (QED) is 0.0549. The van der Waals surface area contributed by atoms with Crippen LogP contribution in [-0.4, -0.2) is 136 Å². The topological polar surface area (TPSA) is 315 Å². The van der Waals surface area contributed by atoms with Crippen LogP contribution in [0.3, 0.4) is 0 Å². The molecule has 4 aliphatic rings. The first kappa shape index (κ1) is 48.0. The van der Waals surface area contributed by atoms with Crippen molar-refractivity contribution in [3.63, 3.8) is 0 Å². The van der Waals surface area contributed by atoms with E-state index in [9.17, 15) is 40.2 Å². The van der Waals surface area contributed by atoms with Crippen molar-refractivity contribution in [2.45, 2.75) is 96.0 Å². The Hall–Kier alpha value is -5.98. The summed E-state index contributed by atoms with van der Waals surface area (Å²) in [5.41, 5.74) is 16.2. The van der Waals surface area contributed by atoms with Gasteiger partial charge in [0.2, 0.25) is 17.5 Å². The second-order valence-electron chi connectivity index (χ2n) is 17.1. The summed E-state index contributed by atoms with van der Waals surface area (Å²) in [5.74, 6) is -8.58. The third-order valence-electron chi connectivity index (χ3n) is 11.6. The number of likely N-dealkylation sites (tertiary alicyclic amines) is 2. The van der Waals surface area contributed by atoms with E-state index in [2.05, 4.69) is 42.4 Å². The minimum atomic E-state index is -2.81. The van der Waals surface area contributed by atoms with E-state index < -0.39 is 23.4 Å². The molecule has 8 rings (SSSR count). The Morgan fingerprint density at radius 1 is 0.652 bits per heavy atom. The highest BCUT2D eigenvalue weighted by molar-refractivity contribution is 6.06. The third kappa shape index (κ3) is 11.2. The van der Waals surface area contributed by atoms with Crippen LogP contribution in [0.2, 0.25) is 0 Å². The molecule has 356 valence electrons. The monoisotopic (exact) mass is 916 g/mol. The summed E-state index contributed by atoms with van der Waals surface area (Å²) >= 11 is 0. The van der Waals surface area contributed by atoms with Crippen molar-refractivity contribution in [1.82, 2.24) is 29.7 Å². The Morgan fingerprint density at radius 3 is 1.68 bits per heavy atom. The maximum atomic E-state index is 12.4. The number of benzene rings is 2. The number of carbonyl (C=O) groups is 2. The van der Waals surface area contributed by atoms with E-state index in [4.69, 9.17) is 20.9 Å². The van der Waals surface area contributed by atoms with Crippen molar-refractivity contribution < 1.29 is 49.7 Å². The number of ether oxygens (including phenoxy) is 2. The zero-order valence-electron chi connectivity index (χ0n) is 37.2. The van der Waals surface area contributed by atoms with Crippen molar-refractivity contribution in [3.05, 3.63) is 70.8 Å². The van der Waals surface area contributed by atoms with Crippen LogP contribution >= 0.6 is 0 Å². The van der Waals surface area contributed by atoms with Gasteiger partial charge >= 0.3 is 23.8 Å². The van der Waals surface area contributed by atoms with Gasteiger partial charge in [-0.2, -0.15) is 19.9 Å². The first-order chi connectivity index (χ1) is 31.5. The lowest BCUT2D eigenvalue weighted by molar-refractivity contribution is -0.328. The standard InChI is InChI=1S/C22H30N6O6.C22H30N6O4/c1-2-3-7-34-20-25-18(23)17-19(26-20)28(11-16(29)24-17)10-15-6-4-5-14(8-15)9-27-12-21(30,31)22(32,33)13-27;1-2-3-11-32-21-25-18(23)17-19(26-21)28(22(30,31)20(29)24-17)14-16-8-6-7-15(12-16)13-27-9-4-5-10-27/h4-6,8,30-33H,2-3,7,9-13H2,1H3,(H,24,29)(H2,23,25,26);6-8,12,30-31H,2-5,9-11,13-14H2,1H3,(H,24,29)(H2,23,25,26). The van der Waals surface area contributed by atoms with E-state index in [1.807, 2.05) is 55.5 Å². The van der Waals surface area contributed by atoms with Crippen LogP contribution in [-0.2, 0) is 35.8 Å². The predicted octanol–water partition coefficient (Wildman–Crippen LogP) is 0.804. The lowest BCUT2D eigenvalue weighted by atomic mass is 10.1. The molecule has 6 heterocycles. The number of rotatable bonds is 16. The van der Waals surface area contributed by atoms with Crippen LogP contribution in [0.1, 0.15) is 74.6 Å². The highest BCUT2D eigenvalue weighted by atomic mass is 16.6. The molecule has 4 aliphatic heterocycles. The van der Waals surface area contributed by atoms with Crippen LogP contribution in [0.5, 0.6) is 12.0 Å². The summed E-state index contributed by atoms with van der Waals surface area (Å²) in [6.45, 7) is 8.08. The number of nitrogens with two attached hydrogens (primary N) is 2. The zero-order chi connectivity index (χ0) is 47.2. The van der Waals surface area contributed by atoms with Crippen molar-refractivity contribution in [3.8, 4) is 12.0 Å². The molecule has 2 aromatic heterocycles. The van der Waals surface area contributed by atoms with E-state index in [0.717, 1.165) is 72.5 Å². The SMILES string of the molecule is CCCCOc1nc(N)c2c(n1)N(Cc1cccc(CN3CC(O)(O)C(O)(O)C3)c1)CC(=O)N2.CCCCOc1nc(N)c2c(n1)N(Cc1cccc(CN3CCCC3)c1)C(O)(O)C(=O)N2. The Morgan fingerprint density at radius 2 is 1.14 bits per heavy atom. The summed E-state index contributed by atoms with van der Waals surface area (Å²) in [6, 6.07) is 15.5. The first-order valence-corrected chi connectivity index (χ1v) is 22.2. The molecule has 0 aliphatic carbocycles. The number of nitrogen functional groups attached to an aromatic ring is 2. The van der Waals surface area contributed by atoms with Gasteiger partial charge in [-0.1, -0.05) is 75.2 Å². The molecule has 2 saturated heterocycles. The number of hydrogen-bond donors (Lipinski definition) is 10. The third-order valence-corrected chi connectivity index (χ3v) is 11.6. The van der Waals surface area contributed by atoms with Gasteiger partial charge in [0.1, 0.15) is 11.4 Å².